The Hall–Kier alpha value is -2.76. The van der Waals surface area contributed by atoms with E-state index in [4.69, 9.17) is 18.9 Å². The monoisotopic (exact) mass is 416 g/mol. The Bertz CT molecular complexity index is 862. The second kappa shape index (κ2) is 9.37. The number of rotatable bonds is 6. The summed E-state index contributed by atoms with van der Waals surface area (Å²) in [5.74, 6) is 0.170. The molecular weight excluding hydrogens is 384 g/mol. The van der Waals surface area contributed by atoms with Crippen LogP contribution in [-0.4, -0.2) is 40.4 Å². The highest BCUT2D eigenvalue weighted by Crippen LogP contribution is 2.48. The summed E-state index contributed by atoms with van der Waals surface area (Å²) >= 11 is 0. The molecule has 0 aliphatic heterocycles. The third-order valence-electron chi connectivity index (χ3n) is 5.83. The van der Waals surface area contributed by atoms with Crippen molar-refractivity contribution >= 4 is 18.0 Å². The first-order valence-electron chi connectivity index (χ1n) is 10.0. The van der Waals surface area contributed by atoms with Crippen LogP contribution in [0.4, 0.5) is 0 Å². The second-order valence-corrected chi connectivity index (χ2v) is 7.80. The SMILES string of the molecule is C=C1CCCC(C(=O)OC)(C(=O)OC)/C1=C\c1cc(OC)c(OC)c(C(C)C)c1C. The lowest BCUT2D eigenvalue weighted by atomic mass is 9.67. The average Bonchev–Trinajstić information content (AvgIpc) is 2.74. The van der Waals surface area contributed by atoms with E-state index in [2.05, 4.69) is 20.4 Å². The Kier molecular flexibility index (Phi) is 7.34. The van der Waals surface area contributed by atoms with Crippen molar-refractivity contribution in [1.29, 1.82) is 0 Å². The number of carbonyl (C=O) groups is 2. The molecule has 0 bridgehead atoms. The highest BCUT2D eigenvalue weighted by Gasteiger charge is 2.53. The number of hydrogen-bond acceptors (Lipinski definition) is 6. The molecule has 0 N–H and O–H groups in total. The Labute approximate surface area is 178 Å². The molecular formula is C24H32O6. The number of carbonyl (C=O) groups excluding carboxylic acids is 2. The minimum Gasteiger partial charge on any atom is -0.493 e. The van der Waals surface area contributed by atoms with E-state index in [1.165, 1.54) is 14.2 Å². The largest absolute Gasteiger partial charge is 0.493 e. The number of ether oxygens (including phenoxy) is 4. The number of esters is 2. The topological polar surface area (TPSA) is 71.1 Å². The Morgan fingerprint density at radius 2 is 1.70 bits per heavy atom. The summed E-state index contributed by atoms with van der Waals surface area (Å²) < 4.78 is 21.3. The molecule has 1 aliphatic carbocycles. The summed E-state index contributed by atoms with van der Waals surface area (Å²) in [6.07, 6.45) is 3.48. The van der Waals surface area contributed by atoms with Gasteiger partial charge >= 0.3 is 11.9 Å². The Balaban J connectivity index is 2.86. The molecule has 1 fully saturated rings. The summed E-state index contributed by atoms with van der Waals surface area (Å²) in [4.78, 5) is 25.7. The van der Waals surface area contributed by atoms with E-state index in [1.807, 2.05) is 19.1 Å². The molecule has 6 nitrogen and oxygen atoms in total. The third-order valence-corrected chi connectivity index (χ3v) is 5.83. The van der Waals surface area contributed by atoms with Crippen molar-refractivity contribution in [1.82, 2.24) is 0 Å². The van der Waals surface area contributed by atoms with Crippen molar-refractivity contribution in [3.8, 4) is 11.5 Å². The molecule has 0 atom stereocenters. The average molecular weight is 417 g/mol. The van der Waals surface area contributed by atoms with Crippen LogP contribution in [-0.2, 0) is 19.1 Å². The van der Waals surface area contributed by atoms with Crippen molar-refractivity contribution in [2.45, 2.75) is 46.0 Å². The van der Waals surface area contributed by atoms with Gasteiger partial charge in [0.25, 0.3) is 0 Å². The second-order valence-electron chi connectivity index (χ2n) is 7.80. The molecule has 0 unspecified atom stereocenters. The van der Waals surface area contributed by atoms with Gasteiger partial charge in [-0.15, -0.1) is 0 Å². The minimum atomic E-state index is -1.53. The van der Waals surface area contributed by atoms with E-state index in [1.54, 1.807) is 14.2 Å². The number of methoxy groups -OCH3 is 4. The zero-order chi connectivity index (χ0) is 22.6. The normalized spacial score (nSPS) is 17.1. The van der Waals surface area contributed by atoms with Gasteiger partial charge in [0.05, 0.1) is 28.4 Å². The molecule has 2 rings (SSSR count). The van der Waals surface area contributed by atoms with E-state index in [-0.39, 0.29) is 5.92 Å². The smallest absolute Gasteiger partial charge is 0.327 e. The highest BCUT2D eigenvalue weighted by atomic mass is 16.5. The van der Waals surface area contributed by atoms with Crippen LogP contribution in [0.2, 0.25) is 0 Å². The Morgan fingerprint density at radius 1 is 1.10 bits per heavy atom. The van der Waals surface area contributed by atoms with Crippen LogP contribution in [0.15, 0.2) is 23.8 Å². The first-order valence-corrected chi connectivity index (χ1v) is 10.0. The summed E-state index contributed by atoms with van der Waals surface area (Å²) in [6, 6.07) is 1.86. The first kappa shape index (κ1) is 23.5. The summed E-state index contributed by atoms with van der Waals surface area (Å²) in [5, 5.41) is 0. The van der Waals surface area contributed by atoms with Crippen LogP contribution in [0.5, 0.6) is 11.5 Å². The van der Waals surface area contributed by atoms with Gasteiger partial charge in [-0.25, -0.2) is 0 Å². The van der Waals surface area contributed by atoms with Crippen molar-refractivity contribution in [2.75, 3.05) is 28.4 Å². The predicted octanol–water partition coefficient (Wildman–Crippen LogP) is 4.59. The molecule has 0 saturated heterocycles. The maximum Gasteiger partial charge on any atom is 0.327 e. The van der Waals surface area contributed by atoms with E-state index in [9.17, 15) is 9.59 Å². The summed E-state index contributed by atoms with van der Waals surface area (Å²) in [7, 11) is 5.76. The zero-order valence-electron chi connectivity index (χ0n) is 19.0. The fraction of sp³-hybridized carbons (Fsp3) is 0.500. The molecule has 0 amide bonds. The lowest BCUT2D eigenvalue weighted by Crippen LogP contribution is -2.45. The number of allylic oxidation sites excluding steroid dienone is 1. The first-order chi connectivity index (χ1) is 14.2. The number of hydrogen-bond donors (Lipinski definition) is 0. The van der Waals surface area contributed by atoms with Gasteiger partial charge in [-0.3, -0.25) is 9.59 Å². The van der Waals surface area contributed by atoms with Crippen LogP contribution in [0.3, 0.4) is 0 Å². The zero-order valence-corrected chi connectivity index (χ0v) is 19.0. The highest BCUT2D eigenvalue weighted by molar-refractivity contribution is 6.06. The fourth-order valence-corrected chi connectivity index (χ4v) is 4.36. The lowest BCUT2D eigenvalue weighted by Gasteiger charge is -2.36. The maximum absolute atomic E-state index is 12.9. The molecule has 0 heterocycles. The van der Waals surface area contributed by atoms with Crippen LogP contribution < -0.4 is 9.47 Å². The van der Waals surface area contributed by atoms with E-state index >= 15 is 0 Å². The molecule has 0 radical (unpaired) electrons. The van der Waals surface area contributed by atoms with Crippen molar-refractivity contribution in [3.63, 3.8) is 0 Å². The van der Waals surface area contributed by atoms with Crippen LogP contribution in [0.1, 0.15) is 55.7 Å². The molecule has 1 aromatic carbocycles. The maximum atomic E-state index is 12.9. The van der Waals surface area contributed by atoms with Crippen molar-refractivity contribution in [3.05, 3.63) is 40.5 Å². The van der Waals surface area contributed by atoms with Crippen LogP contribution in [0.25, 0.3) is 6.08 Å². The third kappa shape index (κ3) is 3.83. The lowest BCUT2D eigenvalue weighted by molar-refractivity contribution is -0.166. The van der Waals surface area contributed by atoms with Gasteiger partial charge in [-0.1, -0.05) is 26.0 Å². The molecule has 1 aromatic rings. The van der Waals surface area contributed by atoms with Crippen LogP contribution >= 0.6 is 0 Å². The van der Waals surface area contributed by atoms with Gasteiger partial charge in [-0.2, -0.15) is 0 Å². The molecule has 0 aromatic heterocycles. The summed E-state index contributed by atoms with van der Waals surface area (Å²) in [6.45, 7) is 10.3. The van der Waals surface area contributed by atoms with Gasteiger partial charge in [0.15, 0.2) is 16.9 Å². The van der Waals surface area contributed by atoms with E-state index in [0.29, 0.717) is 36.3 Å². The van der Waals surface area contributed by atoms with Crippen molar-refractivity contribution < 1.29 is 28.5 Å². The van der Waals surface area contributed by atoms with Gasteiger partial charge in [0.2, 0.25) is 0 Å². The predicted molar refractivity (Wildman–Crippen MR) is 116 cm³/mol. The summed E-state index contributed by atoms with van der Waals surface area (Å²) in [5.41, 5.74) is 2.53. The quantitative estimate of drug-likeness (QED) is 0.499. The minimum absolute atomic E-state index is 0.174. The standard InChI is InChI=1S/C24H32O6/c1-14(2)20-16(4)17(13-19(27-5)21(20)28-6)12-18-15(3)10-9-11-24(18,22(25)29-7)23(26)30-8/h12-14H,3,9-11H2,1-2,4-8H3/b18-12-. The van der Waals surface area contributed by atoms with E-state index in [0.717, 1.165) is 22.3 Å². The van der Waals surface area contributed by atoms with Gasteiger partial charge in [0.1, 0.15) is 0 Å². The van der Waals surface area contributed by atoms with Crippen LogP contribution in [0, 0.1) is 12.3 Å². The van der Waals surface area contributed by atoms with Gasteiger partial charge in [0, 0.05) is 5.56 Å². The molecule has 0 spiro atoms. The molecule has 1 saturated carbocycles. The molecule has 164 valence electrons. The molecule has 30 heavy (non-hydrogen) atoms. The van der Waals surface area contributed by atoms with Crippen molar-refractivity contribution in [2.24, 2.45) is 5.41 Å². The van der Waals surface area contributed by atoms with Gasteiger partial charge < -0.3 is 18.9 Å². The number of benzene rings is 1. The fourth-order valence-electron chi connectivity index (χ4n) is 4.36. The molecule has 6 heteroatoms. The van der Waals surface area contributed by atoms with Gasteiger partial charge in [-0.05, 0) is 60.9 Å². The van der Waals surface area contributed by atoms with E-state index < -0.39 is 17.4 Å². The molecule has 1 aliphatic rings. The Morgan fingerprint density at radius 3 is 2.17 bits per heavy atom.